The lowest BCUT2D eigenvalue weighted by Crippen LogP contribution is -2.55. The van der Waals surface area contributed by atoms with Crippen LogP contribution in [0.25, 0.3) is 4.85 Å². The first-order valence-corrected chi connectivity index (χ1v) is 13.6. The van der Waals surface area contributed by atoms with Gasteiger partial charge >= 0.3 is 6.17 Å². The summed E-state index contributed by atoms with van der Waals surface area (Å²) in [6, 6.07) is 10.2. The molecule has 0 radical (unpaired) electrons. The van der Waals surface area contributed by atoms with E-state index < -0.39 is 12.1 Å². The molecule has 0 aliphatic carbocycles. The maximum absolute atomic E-state index is 12.7. The molecule has 1 aromatic rings. The molecule has 0 aromatic heterocycles. The number of piperidine rings is 1. The third kappa shape index (κ3) is 6.17. The summed E-state index contributed by atoms with van der Waals surface area (Å²) < 4.78 is 24.9. The first kappa shape index (κ1) is 26.5. The molecule has 4 heterocycles. The highest BCUT2D eigenvalue weighted by Gasteiger charge is 2.55. The number of ether oxygens (including phenoxy) is 4. The van der Waals surface area contributed by atoms with Gasteiger partial charge in [-0.25, -0.2) is 6.57 Å². The van der Waals surface area contributed by atoms with Gasteiger partial charge in [-0.2, -0.15) is 0 Å². The van der Waals surface area contributed by atoms with Crippen molar-refractivity contribution in [3.63, 3.8) is 0 Å². The van der Waals surface area contributed by atoms with Gasteiger partial charge in [-0.15, -0.1) is 0 Å². The minimum atomic E-state index is -0.686. The molecule has 4 aliphatic heterocycles. The second-order valence-corrected chi connectivity index (χ2v) is 11.5. The topological polar surface area (TPSA) is 76.9 Å². The van der Waals surface area contributed by atoms with Crippen molar-refractivity contribution in [1.29, 1.82) is 0 Å². The van der Waals surface area contributed by atoms with Gasteiger partial charge in [0.2, 0.25) is 5.91 Å². The molecule has 1 amide bonds. The average Bonchev–Trinajstić information content (AvgIpc) is 3.56. The van der Waals surface area contributed by atoms with E-state index in [1.165, 1.54) is 0 Å². The summed E-state index contributed by atoms with van der Waals surface area (Å²) >= 11 is 0. The number of carbonyl (C=O) groups is 1. The number of hydrogen-bond donors (Lipinski definition) is 1. The zero-order chi connectivity index (χ0) is 26.0. The fourth-order valence-corrected chi connectivity index (χ4v) is 5.89. The van der Waals surface area contributed by atoms with Crippen molar-refractivity contribution in [2.45, 2.75) is 95.2 Å². The molecule has 0 bridgehead atoms. The monoisotopic (exact) mass is 512 g/mol. The number of nitrogens with one attached hydrogen (secondary N) is 1. The van der Waals surface area contributed by atoms with Gasteiger partial charge in [-0.05, 0) is 58.7 Å². The van der Waals surface area contributed by atoms with Crippen LogP contribution in [0.4, 0.5) is 0 Å². The third-order valence-corrected chi connectivity index (χ3v) is 8.13. The second kappa shape index (κ2) is 11.0. The number of benzene rings is 1. The van der Waals surface area contributed by atoms with E-state index >= 15 is 0 Å². The van der Waals surface area contributed by atoms with Crippen LogP contribution in [0.15, 0.2) is 30.3 Å². The molecule has 1 N–H and O–H groups in total. The normalized spacial score (nSPS) is 32.8. The predicted molar refractivity (Wildman–Crippen MR) is 137 cm³/mol. The van der Waals surface area contributed by atoms with E-state index in [0.29, 0.717) is 13.2 Å². The lowest BCUT2D eigenvalue weighted by atomic mass is 9.89. The van der Waals surface area contributed by atoms with Gasteiger partial charge < -0.3 is 29.2 Å². The van der Waals surface area contributed by atoms with Crippen LogP contribution < -0.4 is 5.32 Å². The number of rotatable bonds is 8. The highest BCUT2D eigenvalue weighted by atomic mass is 16.8. The van der Waals surface area contributed by atoms with E-state index in [4.69, 9.17) is 25.5 Å². The average molecular weight is 513 g/mol. The number of fused-ring (bicyclic) bond motifs is 1. The Kier molecular flexibility index (Phi) is 7.87. The number of carbonyl (C=O) groups excluding carboxylic acids is 1. The molecule has 9 heteroatoms. The quantitative estimate of drug-likeness (QED) is 0.537. The number of nitrogens with zero attached hydrogens (tertiary/aromatic N) is 3. The highest BCUT2D eigenvalue weighted by Crippen LogP contribution is 2.39. The van der Waals surface area contributed by atoms with Gasteiger partial charge in [0.05, 0.1) is 13.2 Å². The SMILES string of the molecule is [C-]#[N+][C@@H]1CCCN1C(=O)CNC1(C)CCN(C[C@H]2O[C@@H]3OC(C)(C)O[C@@H]3[C@H]2OCc2ccccc2)CC1. The molecule has 4 fully saturated rings. The number of hydrogen-bond acceptors (Lipinski definition) is 7. The molecule has 5 rings (SSSR count). The minimum Gasteiger partial charge on any atom is -0.368 e. The van der Waals surface area contributed by atoms with Gasteiger partial charge in [-0.3, -0.25) is 14.5 Å². The zero-order valence-corrected chi connectivity index (χ0v) is 22.2. The predicted octanol–water partition coefficient (Wildman–Crippen LogP) is 2.76. The minimum absolute atomic E-state index is 0.0365. The lowest BCUT2D eigenvalue weighted by molar-refractivity contribution is -0.221. The Balaban J connectivity index is 1.13. The van der Waals surface area contributed by atoms with E-state index in [1.54, 1.807) is 4.90 Å². The second-order valence-electron chi connectivity index (χ2n) is 11.5. The Hall–Kier alpha value is -2.06. The summed E-state index contributed by atoms with van der Waals surface area (Å²) in [7, 11) is 0. The summed E-state index contributed by atoms with van der Waals surface area (Å²) in [5, 5.41) is 3.51. The van der Waals surface area contributed by atoms with Gasteiger partial charge in [0.15, 0.2) is 12.1 Å². The lowest BCUT2D eigenvalue weighted by Gasteiger charge is -2.41. The molecule has 9 nitrogen and oxygen atoms in total. The van der Waals surface area contributed by atoms with Crippen molar-refractivity contribution in [2.75, 3.05) is 32.7 Å². The fraction of sp³-hybridized carbons (Fsp3) is 0.714. The zero-order valence-electron chi connectivity index (χ0n) is 22.2. The smallest absolute Gasteiger partial charge is 0.300 e. The Morgan fingerprint density at radius 2 is 1.92 bits per heavy atom. The summed E-state index contributed by atoms with van der Waals surface area (Å²) in [5.41, 5.74) is 1.01. The summed E-state index contributed by atoms with van der Waals surface area (Å²) in [6.45, 7) is 17.4. The van der Waals surface area contributed by atoms with E-state index in [-0.39, 0.29) is 42.5 Å². The summed E-state index contributed by atoms with van der Waals surface area (Å²) in [6.07, 6.45) is 2.25. The molecule has 202 valence electrons. The molecular formula is C28H40N4O5. The summed E-state index contributed by atoms with van der Waals surface area (Å²) in [4.78, 5) is 20.4. The molecule has 4 aliphatic rings. The van der Waals surface area contributed by atoms with Crippen molar-refractivity contribution in [3.05, 3.63) is 47.3 Å². The maximum atomic E-state index is 12.7. The Morgan fingerprint density at radius 1 is 1.16 bits per heavy atom. The summed E-state index contributed by atoms with van der Waals surface area (Å²) in [5.74, 6) is -0.650. The Morgan fingerprint density at radius 3 is 2.65 bits per heavy atom. The van der Waals surface area contributed by atoms with Crippen LogP contribution in [0.5, 0.6) is 0 Å². The van der Waals surface area contributed by atoms with Gasteiger partial charge in [0, 0.05) is 25.0 Å². The van der Waals surface area contributed by atoms with Crippen LogP contribution in [-0.2, 0) is 30.3 Å². The van der Waals surface area contributed by atoms with Crippen LogP contribution >= 0.6 is 0 Å². The van der Waals surface area contributed by atoms with Crippen LogP contribution in [0.1, 0.15) is 52.0 Å². The molecule has 0 unspecified atom stereocenters. The molecule has 37 heavy (non-hydrogen) atoms. The Bertz CT molecular complexity index is 975. The molecule has 4 saturated heterocycles. The standard InChI is InChI=1S/C28H40N4O5/c1-27(2)36-25-24(34-19-20-9-6-5-7-10-20)21(35-26(25)37-27)18-31-15-12-28(3,13-16-31)30-17-23(33)32-14-8-11-22(32)29-4/h5-7,9-10,21-22,24-26,30H,8,11-19H2,1-3H3/t21-,22+,24+,25-,26-/m1/s1. The third-order valence-electron chi connectivity index (χ3n) is 8.13. The molecule has 0 saturated carbocycles. The fourth-order valence-electron chi connectivity index (χ4n) is 5.89. The van der Waals surface area contributed by atoms with Crippen molar-refractivity contribution in [2.24, 2.45) is 0 Å². The first-order valence-electron chi connectivity index (χ1n) is 13.6. The van der Waals surface area contributed by atoms with Crippen LogP contribution in [0.2, 0.25) is 0 Å². The van der Waals surface area contributed by atoms with E-state index in [2.05, 4.69) is 34.1 Å². The van der Waals surface area contributed by atoms with Crippen molar-refractivity contribution < 1.29 is 23.7 Å². The van der Waals surface area contributed by atoms with Crippen molar-refractivity contribution in [3.8, 4) is 0 Å². The van der Waals surface area contributed by atoms with Gasteiger partial charge in [0.1, 0.15) is 18.3 Å². The van der Waals surface area contributed by atoms with E-state index in [1.807, 2.05) is 32.0 Å². The van der Waals surface area contributed by atoms with Crippen LogP contribution in [0.3, 0.4) is 0 Å². The van der Waals surface area contributed by atoms with Gasteiger partial charge in [0.25, 0.3) is 0 Å². The first-order chi connectivity index (χ1) is 17.8. The van der Waals surface area contributed by atoms with E-state index in [0.717, 1.165) is 50.9 Å². The molecule has 0 spiro atoms. The number of amides is 1. The molecule has 5 atom stereocenters. The van der Waals surface area contributed by atoms with Crippen molar-refractivity contribution in [1.82, 2.24) is 15.1 Å². The largest absolute Gasteiger partial charge is 0.368 e. The van der Waals surface area contributed by atoms with E-state index in [9.17, 15) is 4.79 Å². The molecular weight excluding hydrogens is 472 g/mol. The molecule has 1 aromatic carbocycles. The highest BCUT2D eigenvalue weighted by molar-refractivity contribution is 5.79. The van der Waals surface area contributed by atoms with Crippen molar-refractivity contribution >= 4 is 5.91 Å². The number of likely N-dealkylation sites (tertiary alicyclic amines) is 2. The van der Waals surface area contributed by atoms with Crippen LogP contribution in [-0.4, -0.2) is 90.5 Å². The maximum Gasteiger partial charge on any atom is 0.300 e. The van der Waals surface area contributed by atoms with Crippen LogP contribution in [0, 0.1) is 6.57 Å². The Labute approximate surface area is 220 Å². The van der Waals surface area contributed by atoms with Gasteiger partial charge in [-0.1, -0.05) is 30.3 Å².